The van der Waals surface area contributed by atoms with Gasteiger partial charge in [0, 0.05) is 20.1 Å². The number of anilines is 1. The van der Waals surface area contributed by atoms with Crippen molar-refractivity contribution in [2.24, 2.45) is 0 Å². The smallest absolute Gasteiger partial charge is 0.179 e. The van der Waals surface area contributed by atoms with Gasteiger partial charge in [0.2, 0.25) is 0 Å². The average molecular weight is 267 g/mol. The summed E-state index contributed by atoms with van der Waals surface area (Å²) in [4.78, 5) is 0. The summed E-state index contributed by atoms with van der Waals surface area (Å²) in [6, 6.07) is 3.48. The van der Waals surface area contributed by atoms with E-state index >= 15 is 0 Å². The molecule has 0 aliphatic heterocycles. The molecule has 2 rings (SSSR count). The second-order valence-electron chi connectivity index (χ2n) is 3.92. The predicted molar refractivity (Wildman–Crippen MR) is 69.0 cm³/mol. The Kier molecular flexibility index (Phi) is 4.93. The lowest BCUT2D eigenvalue weighted by Crippen LogP contribution is -2.07. The van der Waals surface area contributed by atoms with Crippen molar-refractivity contribution < 1.29 is 18.8 Å². The zero-order valence-electron chi connectivity index (χ0n) is 10.8. The molecule has 0 saturated carbocycles. The second-order valence-corrected chi connectivity index (χ2v) is 3.92. The fourth-order valence-electron chi connectivity index (χ4n) is 1.57. The second kappa shape index (κ2) is 6.91. The van der Waals surface area contributed by atoms with Gasteiger partial charge in [-0.3, -0.25) is 0 Å². The first-order valence-electron chi connectivity index (χ1n) is 6.03. The Balaban J connectivity index is 1.79. The number of aromatic nitrogens is 2. The maximum absolute atomic E-state index is 5.74. The summed E-state index contributed by atoms with van der Waals surface area (Å²) in [6.07, 6.45) is 0.779. The van der Waals surface area contributed by atoms with Crippen LogP contribution in [0.15, 0.2) is 16.8 Å². The molecule has 1 aromatic heterocycles. The Bertz CT molecular complexity index is 515. The molecule has 7 nitrogen and oxygen atoms in total. The molecular weight excluding hydrogens is 250 g/mol. The lowest BCUT2D eigenvalue weighted by atomic mass is 10.2. The molecule has 0 spiro atoms. The summed E-state index contributed by atoms with van der Waals surface area (Å²) in [5.74, 6) is 0.613. The minimum absolute atomic E-state index is 0.520. The van der Waals surface area contributed by atoms with Crippen LogP contribution in [0.1, 0.15) is 6.42 Å². The minimum atomic E-state index is 0.520. The van der Waals surface area contributed by atoms with E-state index in [0.717, 1.165) is 6.42 Å². The van der Waals surface area contributed by atoms with Gasteiger partial charge in [-0.25, -0.2) is 4.63 Å². The molecular formula is C12H17N3O4. The Morgan fingerprint density at radius 2 is 1.95 bits per heavy atom. The van der Waals surface area contributed by atoms with E-state index in [9.17, 15) is 0 Å². The highest BCUT2D eigenvalue weighted by Crippen LogP contribution is 2.26. The lowest BCUT2D eigenvalue weighted by molar-refractivity contribution is 0.0645. The van der Waals surface area contributed by atoms with Gasteiger partial charge in [-0.2, -0.15) is 0 Å². The van der Waals surface area contributed by atoms with Crippen LogP contribution in [0.5, 0.6) is 5.75 Å². The molecule has 0 aliphatic carbocycles. The third-order valence-corrected chi connectivity index (χ3v) is 2.53. The number of hydrogen-bond acceptors (Lipinski definition) is 7. The first kappa shape index (κ1) is 13.6. The Hall–Kier alpha value is -1.86. The summed E-state index contributed by atoms with van der Waals surface area (Å²) in [6.45, 7) is 2.34. The maximum Gasteiger partial charge on any atom is 0.179 e. The van der Waals surface area contributed by atoms with E-state index in [1.807, 2.05) is 0 Å². The van der Waals surface area contributed by atoms with Crippen LogP contribution in [0, 0.1) is 0 Å². The first-order valence-corrected chi connectivity index (χ1v) is 6.03. The fourth-order valence-corrected chi connectivity index (χ4v) is 1.57. The van der Waals surface area contributed by atoms with Crippen LogP contribution in [0.3, 0.4) is 0 Å². The molecule has 2 N–H and O–H groups in total. The third-order valence-electron chi connectivity index (χ3n) is 2.53. The van der Waals surface area contributed by atoms with Gasteiger partial charge in [0.15, 0.2) is 16.8 Å². The van der Waals surface area contributed by atoms with Crippen molar-refractivity contribution in [3.63, 3.8) is 0 Å². The SMILES string of the molecule is COCCOCCCOc1ccc(N)c2nonc12. The summed E-state index contributed by atoms with van der Waals surface area (Å²) in [5.41, 5.74) is 7.33. The fraction of sp³-hybridized carbons (Fsp3) is 0.500. The van der Waals surface area contributed by atoms with Crippen LogP contribution in [-0.2, 0) is 9.47 Å². The standard InChI is InChI=1S/C12H17N3O4/c1-16-7-8-17-5-2-6-18-10-4-3-9(13)11-12(10)15-19-14-11/h3-4H,2,5-8,13H2,1H3. The topological polar surface area (TPSA) is 92.6 Å². The van der Waals surface area contributed by atoms with Gasteiger partial charge in [0.1, 0.15) is 0 Å². The van der Waals surface area contributed by atoms with E-state index in [4.69, 9.17) is 19.9 Å². The van der Waals surface area contributed by atoms with E-state index in [1.54, 1.807) is 19.2 Å². The minimum Gasteiger partial charge on any atom is -0.491 e. The number of ether oxygens (including phenoxy) is 3. The molecule has 0 bridgehead atoms. The van der Waals surface area contributed by atoms with Crippen LogP contribution in [0.25, 0.3) is 11.0 Å². The van der Waals surface area contributed by atoms with Gasteiger partial charge in [-0.1, -0.05) is 0 Å². The highest BCUT2D eigenvalue weighted by molar-refractivity contribution is 5.90. The van der Waals surface area contributed by atoms with E-state index in [2.05, 4.69) is 14.9 Å². The predicted octanol–water partition coefficient (Wildman–Crippen LogP) is 1.24. The van der Waals surface area contributed by atoms with E-state index in [0.29, 0.717) is 48.9 Å². The van der Waals surface area contributed by atoms with Crippen molar-refractivity contribution in [3.05, 3.63) is 12.1 Å². The quantitative estimate of drug-likeness (QED) is 0.568. The molecule has 7 heteroatoms. The number of methoxy groups -OCH3 is 1. The van der Waals surface area contributed by atoms with E-state index < -0.39 is 0 Å². The molecule has 2 aromatic rings. The van der Waals surface area contributed by atoms with Crippen LogP contribution < -0.4 is 10.5 Å². The molecule has 0 amide bonds. The zero-order chi connectivity index (χ0) is 13.5. The number of nitrogen functional groups attached to an aromatic ring is 1. The highest BCUT2D eigenvalue weighted by atomic mass is 16.6. The normalized spacial score (nSPS) is 11.0. The van der Waals surface area contributed by atoms with Gasteiger partial charge in [-0.15, -0.1) is 0 Å². The molecule has 104 valence electrons. The Labute approximate surface area is 110 Å². The molecule has 0 unspecified atom stereocenters. The molecule has 19 heavy (non-hydrogen) atoms. The van der Waals surface area contributed by atoms with Crippen molar-refractivity contribution in [2.75, 3.05) is 39.3 Å². The van der Waals surface area contributed by atoms with Crippen LogP contribution in [0.4, 0.5) is 5.69 Å². The van der Waals surface area contributed by atoms with Crippen LogP contribution in [-0.4, -0.2) is 43.9 Å². The average Bonchev–Trinajstić information content (AvgIpc) is 2.90. The van der Waals surface area contributed by atoms with Crippen molar-refractivity contribution in [3.8, 4) is 5.75 Å². The van der Waals surface area contributed by atoms with Crippen molar-refractivity contribution in [2.45, 2.75) is 6.42 Å². The largest absolute Gasteiger partial charge is 0.491 e. The number of rotatable bonds is 8. The Morgan fingerprint density at radius 1 is 1.11 bits per heavy atom. The summed E-state index contributed by atoms with van der Waals surface area (Å²) < 4.78 is 20.5. The lowest BCUT2D eigenvalue weighted by Gasteiger charge is -2.07. The number of fused-ring (bicyclic) bond motifs is 1. The molecule has 1 heterocycles. The molecule has 1 aromatic carbocycles. The number of nitrogens with two attached hydrogens (primary N) is 1. The van der Waals surface area contributed by atoms with Gasteiger partial charge < -0.3 is 19.9 Å². The molecule has 0 atom stereocenters. The molecule has 0 fully saturated rings. The van der Waals surface area contributed by atoms with Gasteiger partial charge in [-0.05, 0) is 22.4 Å². The van der Waals surface area contributed by atoms with Crippen LogP contribution in [0.2, 0.25) is 0 Å². The number of nitrogens with zero attached hydrogens (tertiary/aromatic N) is 2. The third kappa shape index (κ3) is 3.55. The van der Waals surface area contributed by atoms with Crippen molar-refractivity contribution >= 4 is 16.7 Å². The van der Waals surface area contributed by atoms with Crippen LogP contribution >= 0.6 is 0 Å². The van der Waals surface area contributed by atoms with Crippen molar-refractivity contribution in [1.29, 1.82) is 0 Å². The molecule has 0 aliphatic rings. The summed E-state index contributed by atoms with van der Waals surface area (Å²) in [5, 5.41) is 7.51. The van der Waals surface area contributed by atoms with E-state index in [1.165, 1.54) is 0 Å². The number of benzene rings is 1. The Morgan fingerprint density at radius 3 is 2.79 bits per heavy atom. The van der Waals surface area contributed by atoms with Gasteiger partial charge >= 0.3 is 0 Å². The highest BCUT2D eigenvalue weighted by Gasteiger charge is 2.10. The molecule has 0 saturated heterocycles. The van der Waals surface area contributed by atoms with Gasteiger partial charge in [0.05, 0.1) is 25.5 Å². The van der Waals surface area contributed by atoms with E-state index in [-0.39, 0.29) is 0 Å². The van der Waals surface area contributed by atoms with Crippen molar-refractivity contribution in [1.82, 2.24) is 10.3 Å². The first-order chi connectivity index (χ1) is 9.33. The number of hydrogen-bond donors (Lipinski definition) is 1. The summed E-state index contributed by atoms with van der Waals surface area (Å²) >= 11 is 0. The molecule has 0 radical (unpaired) electrons. The van der Waals surface area contributed by atoms with Gasteiger partial charge in [0.25, 0.3) is 0 Å². The summed E-state index contributed by atoms with van der Waals surface area (Å²) in [7, 11) is 1.64. The zero-order valence-corrected chi connectivity index (χ0v) is 10.8. The maximum atomic E-state index is 5.74. The monoisotopic (exact) mass is 267 g/mol.